The van der Waals surface area contributed by atoms with Crippen LogP contribution in [-0.2, 0) is 10.0 Å². The van der Waals surface area contributed by atoms with Crippen LogP contribution in [0.4, 0.5) is 0 Å². The molecule has 1 atom stereocenters. The lowest BCUT2D eigenvalue weighted by Crippen LogP contribution is -2.37. The standard InChI is InChI=1S/C12H18Cl2N2O2S/c1-4-9(5-2)8(3)16-19(17,18)10-6-11(13)12(14)15-7-10/h6-9,16H,4-5H2,1-3H3. The van der Waals surface area contributed by atoms with Crippen molar-refractivity contribution in [2.24, 2.45) is 5.92 Å². The van der Waals surface area contributed by atoms with Crippen molar-refractivity contribution in [1.29, 1.82) is 0 Å². The molecule has 0 saturated heterocycles. The Bertz CT molecular complexity index is 531. The lowest BCUT2D eigenvalue weighted by molar-refractivity contribution is 0.390. The number of hydrogen-bond donors (Lipinski definition) is 1. The molecular formula is C12H18Cl2N2O2S. The minimum absolute atomic E-state index is 0.0275. The first-order valence-corrected chi connectivity index (χ1v) is 8.39. The Balaban J connectivity index is 2.95. The maximum absolute atomic E-state index is 12.2. The summed E-state index contributed by atoms with van der Waals surface area (Å²) in [5, 5.41) is 0.216. The molecule has 1 unspecified atom stereocenters. The monoisotopic (exact) mass is 324 g/mol. The lowest BCUT2D eigenvalue weighted by atomic mass is 9.96. The average molecular weight is 325 g/mol. The SMILES string of the molecule is CCC(CC)C(C)NS(=O)(=O)c1cnc(Cl)c(Cl)c1. The average Bonchev–Trinajstić information content (AvgIpc) is 2.33. The van der Waals surface area contributed by atoms with Crippen LogP contribution >= 0.6 is 23.2 Å². The second-order valence-electron chi connectivity index (χ2n) is 4.43. The van der Waals surface area contributed by atoms with Crippen LogP contribution in [-0.4, -0.2) is 19.4 Å². The lowest BCUT2D eigenvalue weighted by Gasteiger charge is -2.22. The van der Waals surface area contributed by atoms with Gasteiger partial charge in [0, 0.05) is 12.2 Å². The molecule has 0 fully saturated rings. The number of aromatic nitrogens is 1. The van der Waals surface area contributed by atoms with Gasteiger partial charge in [0.1, 0.15) is 10.0 Å². The number of nitrogens with zero attached hydrogens (tertiary/aromatic N) is 1. The predicted molar refractivity (Wildman–Crippen MR) is 78.1 cm³/mol. The van der Waals surface area contributed by atoms with Crippen LogP contribution in [0.1, 0.15) is 33.6 Å². The smallest absolute Gasteiger partial charge is 0.242 e. The number of halogens is 2. The topological polar surface area (TPSA) is 59.1 Å². The summed E-state index contributed by atoms with van der Waals surface area (Å²) in [6, 6.07) is 1.16. The Morgan fingerprint density at radius 1 is 1.32 bits per heavy atom. The largest absolute Gasteiger partial charge is 0.242 e. The Morgan fingerprint density at radius 2 is 1.89 bits per heavy atom. The van der Waals surface area contributed by atoms with Gasteiger partial charge in [-0.1, -0.05) is 49.9 Å². The molecule has 0 aromatic carbocycles. The molecule has 1 heterocycles. The van der Waals surface area contributed by atoms with Gasteiger partial charge in [0.25, 0.3) is 0 Å². The summed E-state index contributed by atoms with van der Waals surface area (Å²) in [6.07, 6.45) is 3.04. The third-order valence-corrected chi connectivity index (χ3v) is 5.39. The molecule has 0 radical (unpaired) electrons. The van der Waals surface area contributed by atoms with Crippen LogP contribution in [0.25, 0.3) is 0 Å². The van der Waals surface area contributed by atoms with E-state index in [1.807, 2.05) is 20.8 Å². The number of pyridine rings is 1. The fourth-order valence-electron chi connectivity index (χ4n) is 1.96. The van der Waals surface area contributed by atoms with Crippen molar-refractivity contribution >= 4 is 33.2 Å². The number of hydrogen-bond acceptors (Lipinski definition) is 3. The third kappa shape index (κ3) is 4.31. The maximum atomic E-state index is 12.2. The fraction of sp³-hybridized carbons (Fsp3) is 0.583. The van der Waals surface area contributed by atoms with Gasteiger partial charge in [0.15, 0.2) is 0 Å². The van der Waals surface area contributed by atoms with E-state index in [4.69, 9.17) is 23.2 Å². The summed E-state index contributed by atoms with van der Waals surface area (Å²) in [7, 11) is -3.62. The summed E-state index contributed by atoms with van der Waals surface area (Å²) in [4.78, 5) is 3.78. The summed E-state index contributed by atoms with van der Waals surface area (Å²) in [6.45, 7) is 5.94. The molecule has 1 rings (SSSR count). The van der Waals surface area contributed by atoms with E-state index in [0.717, 1.165) is 12.8 Å². The van der Waals surface area contributed by atoms with Crippen molar-refractivity contribution in [3.63, 3.8) is 0 Å². The van der Waals surface area contributed by atoms with E-state index in [0.29, 0.717) is 5.92 Å². The van der Waals surface area contributed by atoms with Gasteiger partial charge < -0.3 is 0 Å². The first kappa shape index (κ1) is 16.7. The molecule has 0 aliphatic carbocycles. The van der Waals surface area contributed by atoms with Gasteiger partial charge in [-0.15, -0.1) is 0 Å². The van der Waals surface area contributed by atoms with Gasteiger partial charge in [-0.3, -0.25) is 0 Å². The summed E-state index contributed by atoms with van der Waals surface area (Å²) < 4.78 is 27.0. The molecule has 1 aromatic rings. The molecule has 4 nitrogen and oxygen atoms in total. The zero-order chi connectivity index (χ0) is 14.6. The van der Waals surface area contributed by atoms with E-state index in [-0.39, 0.29) is 21.1 Å². The van der Waals surface area contributed by atoms with Gasteiger partial charge in [0.2, 0.25) is 10.0 Å². The van der Waals surface area contributed by atoms with Gasteiger partial charge in [0.05, 0.1) is 5.02 Å². The molecule has 19 heavy (non-hydrogen) atoms. The highest BCUT2D eigenvalue weighted by atomic mass is 35.5. The number of nitrogens with one attached hydrogen (secondary N) is 1. The third-order valence-electron chi connectivity index (χ3n) is 3.18. The summed E-state index contributed by atoms with van der Waals surface area (Å²) >= 11 is 11.5. The first-order valence-electron chi connectivity index (χ1n) is 6.15. The minimum Gasteiger partial charge on any atom is -0.242 e. The molecule has 0 aliphatic rings. The molecule has 0 amide bonds. The van der Waals surface area contributed by atoms with Crippen LogP contribution in [0, 0.1) is 5.92 Å². The Kier molecular flexibility index (Phi) is 6.05. The predicted octanol–water partition coefficient (Wildman–Crippen LogP) is 3.49. The molecule has 0 aliphatic heterocycles. The van der Waals surface area contributed by atoms with Gasteiger partial charge >= 0.3 is 0 Å². The highest BCUT2D eigenvalue weighted by Gasteiger charge is 2.22. The Hall–Kier alpha value is -0.360. The van der Waals surface area contributed by atoms with Crippen molar-refractivity contribution in [3.05, 3.63) is 22.4 Å². The van der Waals surface area contributed by atoms with Crippen molar-refractivity contribution in [3.8, 4) is 0 Å². The number of sulfonamides is 1. The molecule has 108 valence electrons. The van der Waals surface area contributed by atoms with Crippen LogP contribution < -0.4 is 4.72 Å². The molecule has 0 spiro atoms. The van der Waals surface area contributed by atoms with E-state index < -0.39 is 10.0 Å². The molecule has 1 N–H and O–H groups in total. The Labute approximate surface area is 124 Å². The minimum atomic E-state index is -3.62. The van der Waals surface area contributed by atoms with Gasteiger partial charge in [-0.05, 0) is 18.9 Å². The fourth-order valence-corrected chi connectivity index (χ4v) is 3.57. The molecule has 0 saturated carbocycles. The molecule has 7 heteroatoms. The van der Waals surface area contributed by atoms with E-state index in [2.05, 4.69) is 9.71 Å². The quantitative estimate of drug-likeness (QED) is 0.815. The van der Waals surface area contributed by atoms with Crippen molar-refractivity contribution in [2.75, 3.05) is 0 Å². The normalized spacial score (nSPS) is 13.8. The van der Waals surface area contributed by atoms with Crippen molar-refractivity contribution < 1.29 is 8.42 Å². The molecule has 0 bridgehead atoms. The van der Waals surface area contributed by atoms with Gasteiger partial charge in [-0.25, -0.2) is 18.1 Å². The van der Waals surface area contributed by atoms with E-state index in [1.165, 1.54) is 12.3 Å². The van der Waals surface area contributed by atoms with Crippen LogP contribution in [0.5, 0.6) is 0 Å². The summed E-state index contributed by atoms with van der Waals surface area (Å²) in [5.74, 6) is 0.297. The molecular weight excluding hydrogens is 307 g/mol. The van der Waals surface area contributed by atoms with E-state index >= 15 is 0 Å². The maximum Gasteiger partial charge on any atom is 0.242 e. The number of rotatable bonds is 6. The molecule has 1 aromatic heterocycles. The van der Waals surface area contributed by atoms with Gasteiger partial charge in [-0.2, -0.15) is 0 Å². The highest BCUT2D eigenvalue weighted by molar-refractivity contribution is 7.89. The van der Waals surface area contributed by atoms with Crippen molar-refractivity contribution in [2.45, 2.75) is 44.6 Å². The van der Waals surface area contributed by atoms with E-state index in [1.54, 1.807) is 0 Å². The highest BCUT2D eigenvalue weighted by Crippen LogP contribution is 2.23. The van der Waals surface area contributed by atoms with E-state index in [9.17, 15) is 8.42 Å². The summed E-state index contributed by atoms with van der Waals surface area (Å²) in [5.41, 5.74) is 0. The second-order valence-corrected chi connectivity index (χ2v) is 6.91. The van der Waals surface area contributed by atoms with Crippen LogP contribution in [0.15, 0.2) is 17.2 Å². The first-order chi connectivity index (χ1) is 8.81. The van der Waals surface area contributed by atoms with Crippen molar-refractivity contribution in [1.82, 2.24) is 9.71 Å². The zero-order valence-electron chi connectivity index (χ0n) is 11.2. The van der Waals surface area contributed by atoms with Crippen LogP contribution in [0.2, 0.25) is 10.2 Å². The zero-order valence-corrected chi connectivity index (χ0v) is 13.5. The second kappa shape index (κ2) is 6.88. The Morgan fingerprint density at radius 3 is 2.37 bits per heavy atom. The van der Waals surface area contributed by atoms with Crippen LogP contribution in [0.3, 0.4) is 0 Å².